The van der Waals surface area contributed by atoms with Crippen LogP contribution in [0.5, 0.6) is 0 Å². The molecule has 1 atom stereocenters. The van der Waals surface area contributed by atoms with E-state index >= 15 is 0 Å². The van der Waals surface area contributed by atoms with Crippen LogP contribution in [0.25, 0.3) is 0 Å². The minimum atomic E-state index is -0.902. The van der Waals surface area contributed by atoms with E-state index in [1.165, 1.54) is 18.6 Å². The van der Waals surface area contributed by atoms with Crippen molar-refractivity contribution >= 4 is 0 Å². The number of hydrogen-bond acceptors (Lipinski definition) is 1. The molecule has 0 aliphatic heterocycles. The Morgan fingerprint density at radius 1 is 1.12 bits per heavy atom. The van der Waals surface area contributed by atoms with Crippen LogP contribution in [0.1, 0.15) is 43.8 Å². The lowest BCUT2D eigenvalue weighted by Crippen LogP contribution is -2.17. The Hall–Kier alpha value is -0.960. The summed E-state index contributed by atoms with van der Waals surface area (Å²) in [6.45, 7) is 0. The number of aliphatic hydroxyl groups excluding tert-OH is 1. The van der Waals surface area contributed by atoms with Gasteiger partial charge in [0.1, 0.15) is 0 Å². The Labute approximate surface area is 94.1 Å². The molecule has 0 aromatic heterocycles. The van der Waals surface area contributed by atoms with Gasteiger partial charge < -0.3 is 5.11 Å². The molecule has 16 heavy (non-hydrogen) atoms. The molecule has 0 saturated heterocycles. The van der Waals surface area contributed by atoms with Crippen molar-refractivity contribution < 1.29 is 13.9 Å². The summed E-state index contributed by atoms with van der Waals surface area (Å²) in [6, 6.07) is 3.99. The van der Waals surface area contributed by atoms with Gasteiger partial charge in [-0.15, -0.1) is 0 Å². The Kier molecular flexibility index (Phi) is 3.54. The van der Waals surface area contributed by atoms with Crippen molar-refractivity contribution in [2.75, 3.05) is 0 Å². The summed E-state index contributed by atoms with van der Waals surface area (Å²) < 4.78 is 26.5. The zero-order chi connectivity index (χ0) is 11.5. The predicted octanol–water partition coefficient (Wildman–Crippen LogP) is 3.58. The molecule has 2 rings (SSSR count). The van der Waals surface area contributed by atoms with Crippen LogP contribution in [0.3, 0.4) is 0 Å². The summed E-state index contributed by atoms with van der Waals surface area (Å²) >= 11 is 0. The molecule has 1 N–H and O–H groups in total. The SMILES string of the molecule is OC(c1cccc(F)c1F)C1CCCCC1. The molecule has 0 heterocycles. The summed E-state index contributed by atoms with van der Waals surface area (Å²) in [5.41, 5.74) is 0.104. The third-order valence-electron chi connectivity index (χ3n) is 3.40. The topological polar surface area (TPSA) is 20.2 Å². The quantitative estimate of drug-likeness (QED) is 0.817. The summed E-state index contributed by atoms with van der Waals surface area (Å²) in [4.78, 5) is 0. The molecule has 0 spiro atoms. The van der Waals surface area contributed by atoms with E-state index in [1.807, 2.05) is 0 Å². The number of halogens is 2. The maximum Gasteiger partial charge on any atom is 0.164 e. The fourth-order valence-corrected chi connectivity index (χ4v) is 2.45. The van der Waals surface area contributed by atoms with Crippen LogP contribution < -0.4 is 0 Å². The number of rotatable bonds is 2. The molecule has 3 heteroatoms. The Morgan fingerprint density at radius 2 is 1.81 bits per heavy atom. The van der Waals surface area contributed by atoms with E-state index in [0.717, 1.165) is 31.7 Å². The van der Waals surface area contributed by atoms with Crippen molar-refractivity contribution in [1.82, 2.24) is 0 Å². The zero-order valence-electron chi connectivity index (χ0n) is 9.13. The van der Waals surface area contributed by atoms with Gasteiger partial charge in [0.15, 0.2) is 11.6 Å². The van der Waals surface area contributed by atoms with Gasteiger partial charge in [0, 0.05) is 5.56 Å². The molecule has 0 radical (unpaired) electrons. The van der Waals surface area contributed by atoms with E-state index in [1.54, 1.807) is 0 Å². The van der Waals surface area contributed by atoms with Crippen molar-refractivity contribution in [2.24, 2.45) is 5.92 Å². The van der Waals surface area contributed by atoms with Crippen LogP contribution in [0, 0.1) is 17.6 Å². The van der Waals surface area contributed by atoms with Gasteiger partial charge in [-0.2, -0.15) is 0 Å². The van der Waals surface area contributed by atoms with E-state index in [2.05, 4.69) is 0 Å². The number of benzene rings is 1. The fraction of sp³-hybridized carbons (Fsp3) is 0.538. The largest absolute Gasteiger partial charge is 0.388 e. The van der Waals surface area contributed by atoms with Crippen LogP contribution in [0.15, 0.2) is 18.2 Å². The molecular weight excluding hydrogens is 210 g/mol. The van der Waals surface area contributed by atoms with Crippen LogP contribution in [0.2, 0.25) is 0 Å². The molecule has 0 amide bonds. The normalized spacial score (nSPS) is 19.7. The molecule has 1 saturated carbocycles. The molecule has 1 unspecified atom stereocenters. The molecule has 0 bridgehead atoms. The lowest BCUT2D eigenvalue weighted by molar-refractivity contribution is 0.0809. The van der Waals surface area contributed by atoms with Gasteiger partial charge in [0.05, 0.1) is 6.10 Å². The predicted molar refractivity (Wildman–Crippen MR) is 57.9 cm³/mol. The van der Waals surface area contributed by atoms with E-state index < -0.39 is 17.7 Å². The smallest absolute Gasteiger partial charge is 0.164 e. The highest BCUT2D eigenvalue weighted by Gasteiger charge is 2.26. The first kappa shape index (κ1) is 11.5. The minimum absolute atomic E-state index is 0.0741. The lowest BCUT2D eigenvalue weighted by Gasteiger charge is -2.27. The minimum Gasteiger partial charge on any atom is -0.388 e. The van der Waals surface area contributed by atoms with Gasteiger partial charge in [0.25, 0.3) is 0 Å². The van der Waals surface area contributed by atoms with Crippen LogP contribution in [-0.2, 0) is 0 Å². The zero-order valence-corrected chi connectivity index (χ0v) is 9.13. The standard InChI is InChI=1S/C13H16F2O/c14-11-8-4-7-10(12(11)15)13(16)9-5-2-1-3-6-9/h4,7-9,13,16H,1-3,5-6H2. The van der Waals surface area contributed by atoms with E-state index in [-0.39, 0.29) is 11.5 Å². The Morgan fingerprint density at radius 3 is 2.50 bits per heavy atom. The second-order valence-electron chi connectivity index (χ2n) is 4.49. The van der Waals surface area contributed by atoms with E-state index in [9.17, 15) is 13.9 Å². The molecule has 1 aromatic rings. The summed E-state index contributed by atoms with van der Waals surface area (Å²) in [6.07, 6.45) is 4.25. The second-order valence-corrected chi connectivity index (χ2v) is 4.49. The van der Waals surface area contributed by atoms with Gasteiger partial charge in [-0.25, -0.2) is 8.78 Å². The molecule has 88 valence electrons. The van der Waals surface area contributed by atoms with Gasteiger partial charge >= 0.3 is 0 Å². The first-order chi connectivity index (χ1) is 7.70. The van der Waals surface area contributed by atoms with Gasteiger partial charge in [-0.3, -0.25) is 0 Å². The number of hydrogen-bond donors (Lipinski definition) is 1. The molecule has 1 aliphatic rings. The van der Waals surface area contributed by atoms with Crippen molar-refractivity contribution in [3.8, 4) is 0 Å². The van der Waals surface area contributed by atoms with Gasteiger partial charge in [-0.05, 0) is 24.8 Å². The highest BCUT2D eigenvalue weighted by atomic mass is 19.2. The van der Waals surface area contributed by atoms with Crippen LogP contribution in [-0.4, -0.2) is 5.11 Å². The third kappa shape index (κ3) is 2.24. The molecule has 1 aromatic carbocycles. The molecule has 1 nitrogen and oxygen atoms in total. The second kappa shape index (κ2) is 4.91. The third-order valence-corrected chi connectivity index (χ3v) is 3.40. The van der Waals surface area contributed by atoms with Crippen LogP contribution >= 0.6 is 0 Å². The maximum atomic E-state index is 13.5. The highest BCUT2D eigenvalue weighted by molar-refractivity contribution is 5.21. The lowest BCUT2D eigenvalue weighted by atomic mass is 9.82. The number of aliphatic hydroxyl groups is 1. The summed E-state index contributed by atoms with van der Waals surface area (Å²) in [7, 11) is 0. The maximum absolute atomic E-state index is 13.5. The molecular formula is C13H16F2O. The average Bonchev–Trinajstić information content (AvgIpc) is 2.33. The monoisotopic (exact) mass is 226 g/mol. The Balaban J connectivity index is 2.19. The summed E-state index contributed by atoms with van der Waals surface area (Å²) in [5.74, 6) is -1.71. The van der Waals surface area contributed by atoms with Crippen molar-refractivity contribution in [2.45, 2.75) is 38.2 Å². The Bertz CT molecular complexity index is 359. The van der Waals surface area contributed by atoms with E-state index in [4.69, 9.17) is 0 Å². The first-order valence-corrected chi connectivity index (χ1v) is 5.82. The fourth-order valence-electron chi connectivity index (χ4n) is 2.45. The van der Waals surface area contributed by atoms with Gasteiger partial charge in [0.2, 0.25) is 0 Å². The molecule has 1 fully saturated rings. The molecule has 1 aliphatic carbocycles. The first-order valence-electron chi connectivity index (χ1n) is 5.82. The van der Waals surface area contributed by atoms with Gasteiger partial charge in [-0.1, -0.05) is 31.4 Å². The van der Waals surface area contributed by atoms with Crippen LogP contribution in [0.4, 0.5) is 8.78 Å². The van der Waals surface area contributed by atoms with E-state index in [0.29, 0.717) is 0 Å². The van der Waals surface area contributed by atoms with Crippen molar-refractivity contribution in [3.05, 3.63) is 35.4 Å². The van der Waals surface area contributed by atoms with Crippen molar-refractivity contribution in [3.63, 3.8) is 0 Å². The van der Waals surface area contributed by atoms with Crippen molar-refractivity contribution in [1.29, 1.82) is 0 Å². The highest BCUT2D eigenvalue weighted by Crippen LogP contribution is 2.35. The summed E-state index contributed by atoms with van der Waals surface area (Å²) in [5, 5.41) is 10.0. The average molecular weight is 226 g/mol.